The molecule has 0 spiro atoms. The molecule has 0 aliphatic rings. The average Bonchev–Trinajstić information content (AvgIpc) is 3.21. The summed E-state index contributed by atoms with van der Waals surface area (Å²) in [6, 6.07) is 22.4. The van der Waals surface area contributed by atoms with E-state index < -0.39 is 0 Å². The van der Waals surface area contributed by atoms with E-state index in [1.807, 2.05) is 55.5 Å². The zero-order valence-corrected chi connectivity index (χ0v) is 19.5. The molecule has 1 amide bonds. The first-order valence-electron chi connectivity index (χ1n) is 10.1. The normalized spacial score (nSPS) is 10.9. The van der Waals surface area contributed by atoms with Crippen LogP contribution in [-0.2, 0) is 6.42 Å². The Morgan fingerprint density at radius 3 is 2.41 bits per heavy atom. The number of nitrogens with zero attached hydrogens (tertiary/aromatic N) is 2. The van der Waals surface area contributed by atoms with Crippen LogP contribution >= 0.6 is 34.8 Å². The van der Waals surface area contributed by atoms with Gasteiger partial charge in [-0.05, 0) is 55.3 Å². The number of benzene rings is 3. The van der Waals surface area contributed by atoms with Gasteiger partial charge >= 0.3 is 0 Å². The van der Waals surface area contributed by atoms with Crippen molar-refractivity contribution in [2.24, 2.45) is 0 Å². The highest BCUT2D eigenvalue weighted by Gasteiger charge is 2.18. The molecule has 0 unspecified atom stereocenters. The fourth-order valence-corrected chi connectivity index (χ4v) is 4.09. The lowest BCUT2D eigenvalue weighted by molar-refractivity contribution is 0.0946. The first-order valence-corrected chi connectivity index (χ1v) is 11.2. The highest BCUT2D eigenvalue weighted by molar-refractivity contribution is 6.35. The molecule has 4 aromatic rings. The molecule has 0 atom stereocenters. The van der Waals surface area contributed by atoms with Gasteiger partial charge in [0, 0.05) is 22.2 Å². The van der Waals surface area contributed by atoms with E-state index in [1.54, 1.807) is 28.9 Å². The van der Waals surface area contributed by atoms with Crippen LogP contribution in [0, 0.1) is 6.92 Å². The quantitative estimate of drug-likeness (QED) is 0.328. The second kappa shape index (κ2) is 9.78. The monoisotopic (exact) mass is 483 g/mol. The third kappa shape index (κ3) is 4.99. The molecule has 0 radical (unpaired) electrons. The molecule has 4 rings (SSSR count). The number of hydrogen-bond acceptors (Lipinski definition) is 2. The summed E-state index contributed by atoms with van der Waals surface area (Å²) in [4.78, 5) is 13.1. The van der Waals surface area contributed by atoms with Gasteiger partial charge in [0.15, 0.2) is 0 Å². The van der Waals surface area contributed by atoms with Crippen LogP contribution in [-0.4, -0.2) is 22.2 Å². The second-order valence-corrected chi connectivity index (χ2v) is 8.63. The van der Waals surface area contributed by atoms with Crippen molar-refractivity contribution in [3.8, 4) is 16.9 Å². The van der Waals surface area contributed by atoms with E-state index in [2.05, 4.69) is 10.4 Å². The molecule has 1 heterocycles. The van der Waals surface area contributed by atoms with Crippen LogP contribution in [0.25, 0.3) is 16.9 Å². The molecule has 0 fully saturated rings. The maximum absolute atomic E-state index is 13.1. The fraction of sp³-hybridized carbons (Fsp3) is 0.120. The zero-order chi connectivity index (χ0) is 22.7. The Labute approximate surface area is 201 Å². The molecule has 0 saturated carbocycles. The molecular weight excluding hydrogens is 465 g/mol. The minimum atomic E-state index is -0.235. The predicted octanol–water partition coefficient (Wildman–Crippen LogP) is 6.78. The van der Waals surface area contributed by atoms with Crippen molar-refractivity contribution in [1.29, 1.82) is 0 Å². The first-order chi connectivity index (χ1) is 15.4. The largest absolute Gasteiger partial charge is 0.350 e. The molecule has 162 valence electrons. The molecule has 4 nitrogen and oxygen atoms in total. The third-order valence-corrected chi connectivity index (χ3v) is 5.98. The standard InChI is InChI=1S/C25H20Cl3N3O/c1-16-6-10-19(11-7-16)31-24(15-23(30-31)20-4-2-3-5-21(20)27)25(32)29-13-12-17-8-9-18(26)14-22(17)28/h2-11,14-15H,12-13H2,1H3,(H,29,32). The molecular formula is C25H20Cl3N3O. The molecule has 32 heavy (non-hydrogen) atoms. The molecule has 1 aromatic heterocycles. The topological polar surface area (TPSA) is 46.9 Å². The maximum atomic E-state index is 13.1. The van der Waals surface area contributed by atoms with Crippen molar-refractivity contribution in [2.45, 2.75) is 13.3 Å². The molecule has 0 saturated heterocycles. The number of halogens is 3. The number of carbonyl (C=O) groups excluding carboxylic acids is 1. The van der Waals surface area contributed by atoms with Crippen LogP contribution in [0.5, 0.6) is 0 Å². The summed E-state index contributed by atoms with van der Waals surface area (Å²) in [5, 5.41) is 9.39. The van der Waals surface area contributed by atoms with Gasteiger partial charge in [-0.3, -0.25) is 4.79 Å². The average molecular weight is 485 g/mol. The molecule has 1 N–H and O–H groups in total. The summed E-state index contributed by atoms with van der Waals surface area (Å²) in [5.74, 6) is -0.235. The summed E-state index contributed by atoms with van der Waals surface area (Å²) >= 11 is 18.6. The van der Waals surface area contributed by atoms with Crippen LogP contribution in [0.3, 0.4) is 0 Å². The van der Waals surface area contributed by atoms with Crippen LogP contribution < -0.4 is 5.32 Å². The lowest BCUT2D eigenvalue weighted by atomic mass is 10.1. The Morgan fingerprint density at radius 2 is 1.69 bits per heavy atom. The van der Waals surface area contributed by atoms with Gasteiger partial charge in [-0.2, -0.15) is 5.10 Å². The summed E-state index contributed by atoms with van der Waals surface area (Å²) in [6.07, 6.45) is 0.581. The molecule has 7 heteroatoms. The predicted molar refractivity (Wildman–Crippen MR) is 131 cm³/mol. The lowest BCUT2D eigenvalue weighted by Gasteiger charge is -2.09. The summed E-state index contributed by atoms with van der Waals surface area (Å²) in [6.45, 7) is 2.43. The van der Waals surface area contributed by atoms with Crippen molar-refractivity contribution in [3.05, 3.63) is 105 Å². The van der Waals surface area contributed by atoms with Gasteiger partial charge in [-0.1, -0.05) is 76.8 Å². The smallest absolute Gasteiger partial charge is 0.270 e. The van der Waals surface area contributed by atoms with Gasteiger partial charge in [0.1, 0.15) is 5.69 Å². The van der Waals surface area contributed by atoms with Gasteiger partial charge in [0.2, 0.25) is 0 Å². The number of nitrogens with one attached hydrogen (secondary N) is 1. The van der Waals surface area contributed by atoms with Gasteiger partial charge < -0.3 is 5.32 Å². The summed E-state index contributed by atoms with van der Waals surface area (Å²) in [5.41, 5.74) is 4.65. The van der Waals surface area contributed by atoms with Crippen molar-refractivity contribution in [3.63, 3.8) is 0 Å². The summed E-state index contributed by atoms with van der Waals surface area (Å²) in [7, 11) is 0. The number of hydrogen-bond donors (Lipinski definition) is 1. The SMILES string of the molecule is Cc1ccc(-n2nc(-c3ccccc3Cl)cc2C(=O)NCCc2ccc(Cl)cc2Cl)cc1. The van der Waals surface area contributed by atoms with E-state index in [4.69, 9.17) is 34.8 Å². The maximum Gasteiger partial charge on any atom is 0.270 e. The molecule has 0 bridgehead atoms. The van der Waals surface area contributed by atoms with Gasteiger partial charge in [-0.25, -0.2) is 4.68 Å². The van der Waals surface area contributed by atoms with Gasteiger partial charge in [0.05, 0.1) is 16.4 Å². The van der Waals surface area contributed by atoms with Crippen LogP contribution in [0.1, 0.15) is 21.6 Å². The number of rotatable bonds is 6. The first kappa shape index (κ1) is 22.4. The zero-order valence-electron chi connectivity index (χ0n) is 17.3. The second-order valence-electron chi connectivity index (χ2n) is 7.38. The van der Waals surface area contributed by atoms with Crippen molar-refractivity contribution < 1.29 is 4.79 Å². The number of aryl methyl sites for hydroxylation is 1. The minimum absolute atomic E-state index is 0.235. The Hall–Kier alpha value is -2.79. The Morgan fingerprint density at radius 1 is 0.938 bits per heavy atom. The van der Waals surface area contributed by atoms with Crippen LogP contribution in [0.15, 0.2) is 72.8 Å². The number of aromatic nitrogens is 2. The molecule has 0 aliphatic carbocycles. The molecule has 0 aliphatic heterocycles. The highest BCUT2D eigenvalue weighted by Crippen LogP contribution is 2.28. The lowest BCUT2D eigenvalue weighted by Crippen LogP contribution is -2.27. The van der Waals surface area contributed by atoms with E-state index >= 15 is 0 Å². The number of amides is 1. The Kier molecular flexibility index (Phi) is 6.85. The Bertz CT molecular complexity index is 1270. The van der Waals surface area contributed by atoms with Gasteiger partial charge in [0.25, 0.3) is 5.91 Å². The highest BCUT2D eigenvalue weighted by atomic mass is 35.5. The van der Waals surface area contributed by atoms with Crippen LogP contribution in [0.4, 0.5) is 0 Å². The van der Waals surface area contributed by atoms with E-state index in [0.717, 1.165) is 22.4 Å². The van der Waals surface area contributed by atoms with E-state index in [-0.39, 0.29) is 5.91 Å². The van der Waals surface area contributed by atoms with Crippen molar-refractivity contribution in [2.75, 3.05) is 6.54 Å². The van der Waals surface area contributed by atoms with E-state index in [9.17, 15) is 4.79 Å². The number of carbonyl (C=O) groups is 1. The van der Waals surface area contributed by atoms with Gasteiger partial charge in [-0.15, -0.1) is 0 Å². The van der Waals surface area contributed by atoms with Crippen LogP contribution in [0.2, 0.25) is 15.1 Å². The fourth-order valence-electron chi connectivity index (χ4n) is 3.35. The van der Waals surface area contributed by atoms with Crippen molar-refractivity contribution in [1.82, 2.24) is 15.1 Å². The summed E-state index contributed by atoms with van der Waals surface area (Å²) < 4.78 is 1.64. The minimum Gasteiger partial charge on any atom is -0.350 e. The van der Waals surface area contributed by atoms with E-state index in [0.29, 0.717) is 39.4 Å². The Balaban J connectivity index is 1.61. The third-order valence-electron chi connectivity index (χ3n) is 5.07. The van der Waals surface area contributed by atoms with E-state index in [1.165, 1.54) is 0 Å². The van der Waals surface area contributed by atoms with Crippen molar-refractivity contribution >= 4 is 40.7 Å². The molecule has 3 aromatic carbocycles.